The van der Waals surface area contributed by atoms with Crippen LogP contribution in [0.4, 0.5) is 8.78 Å². The number of amides is 2. The third kappa shape index (κ3) is 8.95. The van der Waals surface area contributed by atoms with E-state index in [4.69, 9.17) is 9.90 Å². The SMILES string of the molecule is COC(=O)CNC(=O)[C@H]1CC[C@@H](O)[C@H](NC(=O)c2cccc(OC(F)F)c2)C1.O=CO. The molecule has 2 rings (SSSR count). The summed E-state index contributed by atoms with van der Waals surface area (Å²) in [6.45, 7) is -3.52. The molecular weight excluding hydrogens is 422 g/mol. The van der Waals surface area contributed by atoms with Gasteiger partial charge in [-0.1, -0.05) is 6.07 Å². The topological polar surface area (TPSA) is 151 Å². The van der Waals surface area contributed by atoms with Crippen LogP contribution in [0.5, 0.6) is 5.75 Å². The van der Waals surface area contributed by atoms with Gasteiger partial charge in [0.15, 0.2) is 0 Å². The second kappa shape index (κ2) is 13.1. The number of methoxy groups -OCH3 is 1. The lowest BCUT2D eigenvalue weighted by atomic mass is 9.83. The van der Waals surface area contributed by atoms with E-state index in [-0.39, 0.29) is 43.1 Å². The molecule has 0 bridgehead atoms. The highest BCUT2D eigenvalue weighted by atomic mass is 19.3. The highest BCUT2D eigenvalue weighted by Gasteiger charge is 2.34. The first-order chi connectivity index (χ1) is 14.7. The number of alkyl halides is 2. The Morgan fingerprint density at radius 3 is 2.58 bits per heavy atom. The minimum absolute atomic E-state index is 0.0858. The molecular formula is C19H24F2N2O8. The zero-order valence-electron chi connectivity index (χ0n) is 16.6. The Bertz CT molecular complexity index is 762. The summed E-state index contributed by atoms with van der Waals surface area (Å²) in [7, 11) is 1.21. The number of carboxylic acid groups (broad SMARTS) is 1. The van der Waals surface area contributed by atoms with Crippen molar-refractivity contribution in [3.63, 3.8) is 0 Å². The maximum atomic E-state index is 12.4. The van der Waals surface area contributed by atoms with Crippen molar-refractivity contribution < 1.29 is 47.6 Å². The fourth-order valence-electron chi connectivity index (χ4n) is 2.99. The minimum Gasteiger partial charge on any atom is -0.483 e. The van der Waals surface area contributed by atoms with E-state index in [9.17, 15) is 28.3 Å². The Kier molecular flexibility index (Phi) is 10.9. The number of carbonyl (C=O) groups is 4. The van der Waals surface area contributed by atoms with Crippen LogP contribution in [0, 0.1) is 5.92 Å². The molecule has 3 atom stereocenters. The summed E-state index contributed by atoms with van der Waals surface area (Å²) in [6, 6.07) is 4.57. The number of nitrogens with one attached hydrogen (secondary N) is 2. The Labute approximate surface area is 176 Å². The highest BCUT2D eigenvalue weighted by Crippen LogP contribution is 2.25. The summed E-state index contributed by atoms with van der Waals surface area (Å²) in [4.78, 5) is 44.1. The van der Waals surface area contributed by atoms with Crippen LogP contribution in [0.1, 0.15) is 29.6 Å². The van der Waals surface area contributed by atoms with Gasteiger partial charge in [0.1, 0.15) is 12.3 Å². The van der Waals surface area contributed by atoms with Gasteiger partial charge in [0.2, 0.25) is 5.91 Å². The number of halogens is 2. The first-order valence-electron chi connectivity index (χ1n) is 9.18. The molecule has 1 saturated carbocycles. The lowest BCUT2D eigenvalue weighted by Gasteiger charge is -2.33. The molecule has 1 fully saturated rings. The van der Waals surface area contributed by atoms with Crippen LogP contribution in [-0.4, -0.2) is 66.9 Å². The number of hydrogen-bond donors (Lipinski definition) is 4. The number of aliphatic hydroxyl groups excluding tert-OH is 1. The van der Waals surface area contributed by atoms with E-state index in [0.29, 0.717) is 6.42 Å². The number of benzene rings is 1. The monoisotopic (exact) mass is 446 g/mol. The molecule has 1 aliphatic rings. The quantitative estimate of drug-likeness (QED) is 0.350. The zero-order chi connectivity index (χ0) is 23.4. The highest BCUT2D eigenvalue weighted by molar-refractivity contribution is 5.95. The van der Waals surface area contributed by atoms with E-state index in [1.165, 1.54) is 25.3 Å². The molecule has 0 unspecified atom stereocenters. The van der Waals surface area contributed by atoms with Crippen molar-refractivity contribution >= 4 is 24.3 Å². The van der Waals surface area contributed by atoms with Gasteiger partial charge >= 0.3 is 12.6 Å². The van der Waals surface area contributed by atoms with Gasteiger partial charge in [-0.25, -0.2) is 0 Å². The Balaban J connectivity index is 0.00000151. The number of rotatable bonds is 7. The Morgan fingerprint density at radius 1 is 1.29 bits per heavy atom. The average Bonchev–Trinajstić information content (AvgIpc) is 2.73. The van der Waals surface area contributed by atoms with Gasteiger partial charge in [-0.2, -0.15) is 8.78 Å². The molecule has 1 aromatic carbocycles. The standard InChI is InChI=1S/C18H22F2N2O6.CH2O2/c1-27-15(24)9-21-16(25)11-5-6-14(23)13(8-11)22-17(26)10-3-2-4-12(7-10)28-18(19)20;2-1-3/h2-4,7,11,13-14,18,23H,5-6,8-9H2,1H3,(H,21,25)(H,22,26);1H,(H,2,3)/t11-,13+,14+;/m0./s1. The first kappa shape index (κ1) is 25.8. The maximum Gasteiger partial charge on any atom is 0.387 e. The van der Waals surface area contributed by atoms with E-state index in [1.54, 1.807) is 0 Å². The van der Waals surface area contributed by atoms with Crippen molar-refractivity contribution in [2.24, 2.45) is 5.92 Å². The molecule has 0 radical (unpaired) electrons. The summed E-state index contributed by atoms with van der Waals surface area (Å²) < 4.78 is 33.3. The predicted molar refractivity (Wildman–Crippen MR) is 101 cm³/mol. The summed E-state index contributed by atoms with van der Waals surface area (Å²) >= 11 is 0. The van der Waals surface area contributed by atoms with Crippen LogP contribution in [0.15, 0.2) is 24.3 Å². The summed E-state index contributed by atoms with van der Waals surface area (Å²) in [5, 5.41) is 22.1. The molecule has 12 heteroatoms. The summed E-state index contributed by atoms with van der Waals surface area (Å²) in [5.41, 5.74) is 0.0858. The smallest absolute Gasteiger partial charge is 0.387 e. The van der Waals surface area contributed by atoms with Gasteiger partial charge in [0.05, 0.1) is 19.3 Å². The van der Waals surface area contributed by atoms with Crippen LogP contribution >= 0.6 is 0 Å². The van der Waals surface area contributed by atoms with Crippen LogP contribution in [-0.2, 0) is 19.1 Å². The van der Waals surface area contributed by atoms with E-state index >= 15 is 0 Å². The predicted octanol–water partition coefficient (Wildman–Crippen LogP) is 0.537. The van der Waals surface area contributed by atoms with Crippen LogP contribution in [0.3, 0.4) is 0 Å². The minimum atomic E-state index is -3.01. The molecule has 0 aromatic heterocycles. The van der Waals surface area contributed by atoms with Gasteiger partial charge in [-0.05, 0) is 37.5 Å². The average molecular weight is 446 g/mol. The maximum absolute atomic E-state index is 12.4. The Morgan fingerprint density at radius 2 is 1.97 bits per heavy atom. The van der Waals surface area contributed by atoms with Crippen molar-refractivity contribution in [2.45, 2.75) is 38.0 Å². The van der Waals surface area contributed by atoms with Crippen molar-refractivity contribution in [3.05, 3.63) is 29.8 Å². The molecule has 1 aliphatic carbocycles. The molecule has 0 heterocycles. The molecule has 10 nitrogen and oxygen atoms in total. The fourth-order valence-corrected chi connectivity index (χ4v) is 2.99. The molecule has 0 saturated heterocycles. The summed E-state index contributed by atoms with van der Waals surface area (Å²) in [5.74, 6) is -2.19. The number of ether oxygens (including phenoxy) is 2. The molecule has 172 valence electrons. The van der Waals surface area contributed by atoms with Crippen LogP contribution < -0.4 is 15.4 Å². The zero-order valence-corrected chi connectivity index (χ0v) is 16.6. The van der Waals surface area contributed by atoms with Gasteiger partial charge < -0.3 is 30.3 Å². The molecule has 0 spiro atoms. The van der Waals surface area contributed by atoms with E-state index in [0.717, 1.165) is 6.07 Å². The molecule has 2 amide bonds. The number of hydrogen-bond acceptors (Lipinski definition) is 7. The van der Waals surface area contributed by atoms with Gasteiger partial charge in [0, 0.05) is 11.5 Å². The lowest BCUT2D eigenvalue weighted by molar-refractivity contribution is -0.141. The van der Waals surface area contributed by atoms with Crippen molar-refractivity contribution in [2.75, 3.05) is 13.7 Å². The third-order valence-corrected chi connectivity index (χ3v) is 4.46. The van der Waals surface area contributed by atoms with Gasteiger partial charge in [0.25, 0.3) is 12.4 Å². The van der Waals surface area contributed by atoms with E-state index in [1.807, 2.05) is 0 Å². The number of esters is 1. The van der Waals surface area contributed by atoms with E-state index in [2.05, 4.69) is 20.1 Å². The molecule has 1 aromatic rings. The van der Waals surface area contributed by atoms with Gasteiger partial charge in [-0.3, -0.25) is 19.2 Å². The second-order valence-corrected chi connectivity index (χ2v) is 6.46. The van der Waals surface area contributed by atoms with Crippen molar-refractivity contribution in [1.82, 2.24) is 10.6 Å². The van der Waals surface area contributed by atoms with Gasteiger partial charge in [-0.15, -0.1) is 0 Å². The first-order valence-corrected chi connectivity index (χ1v) is 9.18. The molecule has 0 aliphatic heterocycles. The van der Waals surface area contributed by atoms with E-state index < -0.39 is 36.6 Å². The molecule has 4 N–H and O–H groups in total. The van der Waals surface area contributed by atoms with Crippen LogP contribution in [0.2, 0.25) is 0 Å². The lowest BCUT2D eigenvalue weighted by Crippen LogP contribution is -2.49. The number of carbonyl (C=O) groups excluding carboxylic acids is 3. The number of aliphatic hydroxyl groups is 1. The van der Waals surface area contributed by atoms with Crippen molar-refractivity contribution in [3.8, 4) is 5.75 Å². The van der Waals surface area contributed by atoms with Crippen LogP contribution in [0.25, 0.3) is 0 Å². The summed E-state index contributed by atoms with van der Waals surface area (Å²) in [6.07, 6.45) is 0.00960. The fraction of sp³-hybridized carbons (Fsp3) is 0.474. The third-order valence-electron chi connectivity index (χ3n) is 4.46. The molecule has 31 heavy (non-hydrogen) atoms. The second-order valence-electron chi connectivity index (χ2n) is 6.46. The largest absolute Gasteiger partial charge is 0.483 e. The normalized spacial score (nSPS) is 20.0. The van der Waals surface area contributed by atoms with Crippen molar-refractivity contribution in [1.29, 1.82) is 0 Å². The Hall–Kier alpha value is -3.28.